The van der Waals surface area contributed by atoms with Gasteiger partial charge in [-0.1, -0.05) is 11.6 Å². The largest absolute Gasteiger partial charge is 0.504 e. The molecule has 0 unspecified atom stereocenters. The minimum absolute atomic E-state index is 0.0237. The lowest BCUT2D eigenvalue weighted by Crippen LogP contribution is -2.44. The van der Waals surface area contributed by atoms with Crippen LogP contribution in [0.2, 0.25) is 5.02 Å². The first kappa shape index (κ1) is 27.9. The van der Waals surface area contributed by atoms with Gasteiger partial charge in [0.15, 0.2) is 17.9 Å². The number of phenols is 1. The molecule has 0 atom stereocenters. The van der Waals surface area contributed by atoms with E-state index in [1.54, 1.807) is 12.1 Å². The highest BCUT2D eigenvalue weighted by molar-refractivity contribution is 6.33. The van der Waals surface area contributed by atoms with E-state index in [1.807, 2.05) is 6.07 Å². The van der Waals surface area contributed by atoms with Gasteiger partial charge in [-0.15, -0.1) is 0 Å². The zero-order valence-electron chi connectivity index (χ0n) is 22.7. The second-order valence-electron chi connectivity index (χ2n) is 10.6. The number of likely N-dealkylation sites (N-methyl/N-ethyl adjacent to an activating group) is 1. The summed E-state index contributed by atoms with van der Waals surface area (Å²) < 4.78 is 32.5. The van der Waals surface area contributed by atoms with Gasteiger partial charge >= 0.3 is 0 Å². The molecular formula is C29H27ClF2N6O4. The molecular weight excluding hydrogens is 570 g/mol. The number of fused-ring (bicyclic) bond motifs is 2. The number of nitrogens with zero attached hydrogens (tertiary/aromatic N) is 5. The number of hydrogen-bond acceptors (Lipinski definition) is 7. The number of aromatic hydroxyl groups is 1. The van der Waals surface area contributed by atoms with E-state index in [-0.39, 0.29) is 29.4 Å². The molecule has 2 aliphatic rings. The Hall–Kier alpha value is -4.29. The van der Waals surface area contributed by atoms with E-state index in [0.29, 0.717) is 35.9 Å². The van der Waals surface area contributed by atoms with Crippen LogP contribution in [-0.2, 0) is 24.3 Å². The van der Waals surface area contributed by atoms with Crippen LogP contribution in [0.5, 0.6) is 5.75 Å². The number of halogens is 3. The monoisotopic (exact) mass is 596 g/mol. The van der Waals surface area contributed by atoms with Gasteiger partial charge in [0.25, 0.3) is 5.56 Å². The number of carbonyl (C=O) groups is 2. The molecule has 2 aromatic heterocycles. The van der Waals surface area contributed by atoms with Gasteiger partial charge in [0.05, 0.1) is 21.7 Å². The second kappa shape index (κ2) is 10.8. The lowest BCUT2D eigenvalue weighted by molar-refractivity contribution is -0.116. The van der Waals surface area contributed by atoms with Gasteiger partial charge in [-0.05, 0) is 37.7 Å². The highest BCUT2D eigenvalue weighted by Gasteiger charge is 2.27. The van der Waals surface area contributed by atoms with Crippen molar-refractivity contribution in [3.8, 4) is 16.9 Å². The number of nitrogens with one attached hydrogen (secondary N) is 1. The predicted molar refractivity (Wildman–Crippen MR) is 155 cm³/mol. The third-order valence-corrected chi connectivity index (χ3v) is 8.20. The average molecular weight is 597 g/mol. The minimum Gasteiger partial charge on any atom is -0.504 e. The van der Waals surface area contributed by atoms with Crippen molar-refractivity contribution in [1.29, 1.82) is 0 Å². The fraction of sp³-hybridized carbons (Fsp3) is 0.310. The lowest BCUT2D eigenvalue weighted by Gasteiger charge is -2.34. The lowest BCUT2D eigenvalue weighted by atomic mass is 10.0. The second-order valence-corrected chi connectivity index (χ2v) is 11.0. The van der Waals surface area contributed by atoms with Crippen LogP contribution in [-0.4, -0.2) is 69.5 Å². The summed E-state index contributed by atoms with van der Waals surface area (Å²) in [5, 5.41) is 13.0. The number of anilines is 2. The van der Waals surface area contributed by atoms with E-state index >= 15 is 4.39 Å². The summed E-state index contributed by atoms with van der Waals surface area (Å²) in [6, 6.07) is 6.39. The molecule has 4 aromatic rings. The third kappa shape index (κ3) is 4.80. The maximum Gasteiger partial charge on any atom is 0.263 e. The van der Waals surface area contributed by atoms with Crippen LogP contribution in [0.4, 0.5) is 20.2 Å². The first-order valence-electron chi connectivity index (χ1n) is 13.5. The molecule has 4 heterocycles. The van der Waals surface area contributed by atoms with E-state index in [9.17, 15) is 23.9 Å². The molecule has 218 valence electrons. The summed E-state index contributed by atoms with van der Waals surface area (Å²) in [7, 11) is 2.06. The normalized spacial score (nSPS) is 15.3. The summed E-state index contributed by atoms with van der Waals surface area (Å²) >= 11 is 6.41. The molecule has 13 heteroatoms. The van der Waals surface area contributed by atoms with Gasteiger partial charge in [0.1, 0.15) is 18.0 Å². The van der Waals surface area contributed by atoms with Gasteiger partial charge in [-0.2, -0.15) is 4.39 Å². The van der Waals surface area contributed by atoms with Crippen molar-refractivity contribution in [2.45, 2.75) is 25.9 Å². The average Bonchev–Trinajstić information content (AvgIpc) is 3.59. The first-order valence-corrected chi connectivity index (χ1v) is 13.9. The van der Waals surface area contributed by atoms with Crippen molar-refractivity contribution < 1.29 is 23.5 Å². The number of amides is 1. The van der Waals surface area contributed by atoms with Crippen molar-refractivity contribution in [2.24, 2.45) is 0 Å². The Kier molecular flexibility index (Phi) is 7.19. The number of aldehydes is 1. The number of piperazine rings is 1. The van der Waals surface area contributed by atoms with Crippen LogP contribution in [0.3, 0.4) is 0 Å². The van der Waals surface area contributed by atoms with Crippen LogP contribution < -0.4 is 15.8 Å². The van der Waals surface area contributed by atoms with E-state index < -0.39 is 40.0 Å². The van der Waals surface area contributed by atoms with E-state index in [0.717, 1.165) is 37.9 Å². The molecule has 10 nitrogen and oxygen atoms in total. The van der Waals surface area contributed by atoms with Gasteiger partial charge in [-0.25, -0.2) is 9.37 Å². The molecule has 1 amide bonds. The van der Waals surface area contributed by atoms with Crippen molar-refractivity contribution in [3.05, 3.63) is 68.9 Å². The molecule has 1 fully saturated rings. The van der Waals surface area contributed by atoms with E-state index in [2.05, 4.69) is 27.1 Å². The number of aryl methyl sites for hydroxylation is 1. The number of phenolic OH excluding ortho intramolecular Hbond substituents is 1. The summed E-state index contributed by atoms with van der Waals surface area (Å²) in [6.07, 6.45) is 2.76. The zero-order chi connectivity index (χ0) is 29.7. The van der Waals surface area contributed by atoms with Gasteiger partial charge in [-0.3, -0.25) is 19.0 Å². The topological polar surface area (TPSA) is 113 Å². The number of hydrogen-bond donors (Lipinski definition) is 2. The van der Waals surface area contributed by atoms with Gasteiger partial charge < -0.3 is 24.8 Å². The Morgan fingerprint density at radius 1 is 1.12 bits per heavy atom. The molecule has 2 N–H and O–H groups in total. The standard InChI is InChI=1S/C29H27ClF2N6O4/c1-35-7-9-36(10-8-35)17-4-5-20(30)21(12-17)33-23(40)14-37-13-19(18-11-16(15-39)27(41)26(32)25(18)31)24-28(37)34-22-3-2-6-38(22)29(24)42/h4-5,11-13,15,41H,2-3,6-10,14H2,1H3,(H,33,40). The molecule has 0 saturated carbocycles. The molecule has 0 bridgehead atoms. The van der Waals surface area contributed by atoms with Crippen LogP contribution in [0.25, 0.3) is 22.2 Å². The van der Waals surface area contributed by atoms with Crippen LogP contribution in [0, 0.1) is 11.6 Å². The molecule has 6 rings (SSSR count). The SMILES string of the molecule is CN1CCN(c2ccc(Cl)c(NC(=O)Cn3cc(-c4cc(C=O)c(O)c(F)c4F)c4c(=O)n5c(nc43)CCC5)c2)CC1. The molecule has 0 aliphatic carbocycles. The Labute approximate surface area is 243 Å². The smallest absolute Gasteiger partial charge is 0.263 e. The minimum atomic E-state index is -1.61. The molecule has 1 saturated heterocycles. The summed E-state index contributed by atoms with van der Waals surface area (Å²) in [5.74, 6) is -4.13. The first-order chi connectivity index (χ1) is 20.2. The zero-order valence-corrected chi connectivity index (χ0v) is 23.4. The third-order valence-electron chi connectivity index (χ3n) is 7.87. The van der Waals surface area contributed by atoms with Crippen molar-refractivity contribution >= 4 is 46.2 Å². The maximum absolute atomic E-state index is 15.1. The maximum atomic E-state index is 15.1. The fourth-order valence-electron chi connectivity index (χ4n) is 5.59. The van der Waals surface area contributed by atoms with Crippen molar-refractivity contribution in [1.82, 2.24) is 19.0 Å². The Balaban J connectivity index is 1.38. The Morgan fingerprint density at radius 2 is 1.88 bits per heavy atom. The number of aromatic nitrogens is 3. The summed E-state index contributed by atoms with van der Waals surface area (Å²) in [4.78, 5) is 47.3. The Bertz CT molecular complexity index is 1810. The molecule has 2 aliphatic heterocycles. The fourth-order valence-corrected chi connectivity index (χ4v) is 5.75. The molecule has 0 spiro atoms. The van der Waals surface area contributed by atoms with Crippen molar-refractivity contribution in [3.63, 3.8) is 0 Å². The van der Waals surface area contributed by atoms with Gasteiger partial charge in [0.2, 0.25) is 11.7 Å². The number of carbonyl (C=O) groups excluding carboxylic acids is 2. The highest BCUT2D eigenvalue weighted by atomic mass is 35.5. The van der Waals surface area contributed by atoms with Crippen LogP contribution in [0.1, 0.15) is 22.6 Å². The summed E-state index contributed by atoms with van der Waals surface area (Å²) in [6.45, 7) is 3.57. The number of benzene rings is 2. The van der Waals surface area contributed by atoms with Crippen LogP contribution in [0.15, 0.2) is 35.3 Å². The number of rotatable bonds is 6. The summed E-state index contributed by atoms with van der Waals surface area (Å²) in [5.41, 5.74) is 0.0421. The molecule has 2 aromatic carbocycles. The highest BCUT2D eigenvalue weighted by Crippen LogP contribution is 2.36. The molecule has 0 radical (unpaired) electrons. The predicted octanol–water partition coefficient (Wildman–Crippen LogP) is 3.65. The van der Waals surface area contributed by atoms with Crippen molar-refractivity contribution in [2.75, 3.05) is 43.4 Å². The van der Waals surface area contributed by atoms with E-state index in [4.69, 9.17) is 11.6 Å². The van der Waals surface area contributed by atoms with Crippen LogP contribution >= 0.6 is 11.6 Å². The van der Waals surface area contributed by atoms with E-state index in [1.165, 1.54) is 15.3 Å². The Morgan fingerprint density at radius 3 is 2.62 bits per heavy atom. The van der Waals surface area contributed by atoms with Gasteiger partial charge in [0, 0.05) is 62.2 Å². The quantitative estimate of drug-likeness (QED) is 0.327. The molecule has 42 heavy (non-hydrogen) atoms.